The molecule has 4 atom stereocenters. The van der Waals surface area contributed by atoms with Gasteiger partial charge in [0, 0.05) is 11.4 Å². The molecule has 4 aliphatic carbocycles. The van der Waals surface area contributed by atoms with Crippen molar-refractivity contribution in [2.75, 3.05) is 7.05 Å². The fourth-order valence-corrected chi connectivity index (χ4v) is 7.64. The van der Waals surface area contributed by atoms with Crippen molar-refractivity contribution in [3.8, 4) is 0 Å². The molecule has 0 spiro atoms. The van der Waals surface area contributed by atoms with Gasteiger partial charge in [-0.05, 0) is 74.2 Å². The lowest BCUT2D eigenvalue weighted by Gasteiger charge is -2.71. The SMILES string of the molecule is CNC(C)CC12CC3(C)CC(C)(CC(C)(C3)C1Cl)C2. The van der Waals surface area contributed by atoms with E-state index < -0.39 is 0 Å². The molecule has 4 aliphatic rings. The summed E-state index contributed by atoms with van der Waals surface area (Å²) in [5, 5.41) is 3.81. The maximum atomic E-state index is 7.07. The van der Waals surface area contributed by atoms with Crippen LogP contribution in [0, 0.1) is 21.7 Å². The molecule has 4 fully saturated rings. The second kappa shape index (κ2) is 3.91. The van der Waals surface area contributed by atoms with Gasteiger partial charge in [-0.25, -0.2) is 0 Å². The topological polar surface area (TPSA) is 12.0 Å². The molecule has 4 saturated carbocycles. The lowest BCUT2D eigenvalue weighted by Crippen LogP contribution is -2.65. The van der Waals surface area contributed by atoms with Crippen molar-refractivity contribution in [2.24, 2.45) is 21.7 Å². The van der Waals surface area contributed by atoms with Crippen molar-refractivity contribution in [2.45, 2.75) is 77.6 Å². The van der Waals surface area contributed by atoms with E-state index in [2.05, 4.69) is 40.1 Å². The average Bonchev–Trinajstić information content (AvgIpc) is 2.21. The highest BCUT2D eigenvalue weighted by Gasteiger charge is 2.68. The van der Waals surface area contributed by atoms with Gasteiger partial charge < -0.3 is 5.32 Å². The summed E-state index contributed by atoms with van der Waals surface area (Å²) < 4.78 is 0. The molecule has 2 heteroatoms. The number of hydrogen-bond acceptors (Lipinski definition) is 1. The van der Waals surface area contributed by atoms with Gasteiger partial charge in [-0.1, -0.05) is 20.8 Å². The number of nitrogens with one attached hydrogen (secondary N) is 1. The van der Waals surface area contributed by atoms with Crippen molar-refractivity contribution in [3.63, 3.8) is 0 Å². The summed E-state index contributed by atoms with van der Waals surface area (Å²) in [6.07, 6.45) is 8.07. The number of hydrogen-bond donors (Lipinski definition) is 1. The van der Waals surface area contributed by atoms with Gasteiger partial charge in [-0.2, -0.15) is 0 Å². The summed E-state index contributed by atoms with van der Waals surface area (Å²) >= 11 is 7.07. The zero-order chi connectivity index (χ0) is 14.1. The highest BCUT2D eigenvalue weighted by Crippen LogP contribution is 2.75. The van der Waals surface area contributed by atoms with Crippen LogP contribution in [-0.4, -0.2) is 18.5 Å². The van der Waals surface area contributed by atoms with Crippen LogP contribution in [0.5, 0.6) is 0 Å². The predicted molar refractivity (Wildman–Crippen MR) is 82.6 cm³/mol. The maximum absolute atomic E-state index is 7.07. The van der Waals surface area contributed by atoms with Crippen LogP contribution in [0.1, 0.15) is 66.2 Å². The monoisotopic (exact) mass is 283 g/mol. The van der Waals surface area contributed by atoms with E-state index >= 15 is 0 Å². The van der Waals surface area contributed by atoms with Gasteiger partial charge in [0.2, 0.25) is 0 Å². The van der Waals surface area contributed by atoms with E-state index in [1.165, 1.54) is 38.5 Å². The molecule has 0 aliphatic heterocycles. The van der Waals surface area contributed by atoms with Crippen molar-refractivity contribution < 1.29 is 0 Å². The van der Waals surface area contributed by atoms with Gasteiger partial charge in [0.25, 0.3) is 0 Å². The summed E-state index contributed by atoms with van der Waals surface area (Å²) in [6.45, 7) is 9.85. The number of alkyl halides is 1. The molecule has 0 amide bonds. The van der Waals surface area contributed by atoms with Gasteiger partial charge in [0.05, 0.1) is 0 Å². The Morgan fingerprint density at radius 1 is 1.05 bits per heavy atom. The lowest BCUT2D eigenvalue weighted by atomic mass is 9.35. The van der Waals surface area contributed by atoms with Gasteiger partial charge in [-0.3, -0.25) is 0 Å². The van der Waals surface area contributed by atoms with Crippen LogP contribution in [0.25, 0.3) is 0 Å². The van der Waals surface area contributed by atoms with Gasteiger partial charge >= 0.3 is 0 Å². The molecular formula is C17H30ClN. The van der Waals surface area contributed by atoms with Gasteiger partial charge in [-0.15, -0.1) is 11.6 Å². The summed E-state index contributed by atoms with van der Waals surface area (Å²) in [7, 11) is 2.08. The Morgan fingerprint density at radius 2 is 1.58 bits per heavy atom. The predicted octanol–water partition coefficient (Wildman–Crippen LogP) is 4.59. The molecule has 19 heavy (non-hydrogen) atoms. The molecule has 4 rings (SSSR count). The largest absolute Gasteiger partial charge is 0.317 e. The molecule has 1 nitrogen and oxygen atoms in total. The first kappa shape index (κ1) is 14.2. The van der Waals surface area contributed by atoms with Crippen molar-refractivity contribution in [1.29, 1.82) is 0 Å². The minimum Gasteiger partial charge on any atom is -0.317 e. The quantitative estimate of drug-likeness (QED) is 0.747. The van der Waals surface area contributed by atoms with Crippen molar-refractivity contribution in [3.05, 3.63) is 0 Å². The minimum atomic E-state index is 0.368. The second-order valence-corrected chi connectivity index (χ2v) is 9.71. The van der Waals surface area contributed by atoms with Crippen LogP contribution in [0.4, 0.5) is 0 Å². The van der Waals surface area contributed by atoms with E-state index in [9.17, 15) is 0 Å². The highest BCUT2D eigenvalue weighted by molar-refractivity contribution is 6.21. The third-order valence-corrected chi connectivity index (χ3v) is 7.42. The molecule has 110 valence electrons. The third-order valence-electron chi connectivity index (χ3n) is 6.43. The van der Waals surface area contributed by atoms with Crippen molar-refractivity contribution in [1.82, 2.24) is 5.32 Å². The lowest BCUT2D eigenvalue weighted by molar-refractivity contribution is -0.182. The summed E-state index contributed by atoms with van der Waals surface area (Å²) in [6, 6.07) is 0.577. The molecule has 0 aromatic carbocycles. The molecule has 1 N–H and O–H groups in total. The smallest absolute Gasteiger partial charge is 0.0447 e. The van der Waals surface area contributed by atoms with Gasteiger partial charge in [0.1, 0.15) is 0 Å². The number of halogens is 1. The molecule has 0 aromatic heterocycles. The van der Waals surface area contributed by atoms with E-state index in [4.69, 9.17) is 11.6 Å². The van der Waals surface area contributed by atoms with E-state index in [0.29, 0.717) is 33.1 Å². The average molecular weight is 284 g/mol. The van der Waals surface area contributed by atoms with Crippen LogP contribution < -0.4 is 5.32 Å². The molecular weight excluding hydrogens is 254 g/mol. The van der Waals surface area contributed by atoms with E-state index in [1.54, 1.807) is 0 Å². The molecule has 4 unspecified atom stereocenters. The first-order valence-electron chi connectivity index (χ1n) is 7.96. The third kappa shape index (κ3) is 1.99. The van der Waals surface area contributed by atoms with E-state index in [-0.39, 0.29) is 0 Å². The molecule has 0 radical (unpaired) electrons. The van der Waals surface area contributed by atoms with Gasteiger partial charge in [0.15, 0.2) is 0 Å². The minimum absolute atomic E-state index is 0.368. The van der Waals surface area contributed by atoms with Crippen LogP contribution in [0.3, 0.4) is 0 Å². The zero-order valence-corrected chi connectivity index (χ0v) is 14.0. The Kier molecular flexibility index (Phi) is 2.92. The summed E-state index contributed by atoms with van der Waals surface area (Å²) in [5.74, 6) is 0. The Bertz CT molecular complexity index is 373. The Labute approximate surface area is 123 Å². The van der Waals surface area contributed by atoms with Crippen LogP contribution in [-0.2, 0) is 0 Å². The fraction of sp³-hybridized carbons (Fsp3) is 1.00. The van der Waals surface area contributed by atoms with E-state index in [1.807, 2.05) is 0 Å². The second-order valence-electron chi connectivity index (χ2n) is 9.28. The van der Waals surface area contributed by atoms with Crippen LogP contribution >= 0.6 is 11.6 Å². The first-order chi connectivity index (χ1) is 8.64. The van der Waals surface area contributed by atoms with E-state index in [0.717, 1.165) is 0 Å². The zero-order valence-electron chi connectivity index (χ0n) is 13.3. The Balaban J connectivity index is 2.00. The molecule has 4 bridgehead atoms. The number of rotatable bonds is 3. The maximum Gasteiger partial charge on any atom is 0.0447 e. The highest BCUT2D eigenvalue weighted by atomic mass is 35.5. The molecule has 0 heterocycles. The first-order valence-corrected chi connectivity index (χ1v) is 8.40. The van der Waals surface area contributed by atoms with Crippen LogP contribution in [0.2, 0.25) is 0 Å². The summed E-state index contributed by atoms with van der Waals surface area (Å²) in [4.78, 5) is 0. The summed E-state index contributed by atoms with van der Waals surface area (Å²) in [5.41, 5.74) is 1.82. The van der Waals surface area contributed by atoms with Crippen molar-refractivity contribution >= 4 is 11.6 Å². The Hall–Kier alpha value is 0.250. The van der Waals surface area contributed by atoms with Crippen LogP contribution in [0.15, 0.2) is 0 Å². The molecule has 0 saturated heterocycles. The Morgan fingerprint density at radius 3 is 2.05 bits per heavy atom. The normalized spacial score (nSPS) is 57.5. The standard InChI is InChI=1S/C17H30ClN/c1-12(19-5)6-17-10-14(2)7-15(3,11-17)9-16(4,8-14)13(17)18/h12-13,19H,6-11H2,1-5H3. The fourth-order valence-electron chi connectivity index (χ4n) is 7.24. The molecule has 0 aromatic rings.